The Balaban J connectivity index is 2.31. The normalized spacial score (nSPS) is 21.0. The molecule has 2 nitrogen and oxygen atoms in total. The molecule has 1 atom stereocenters. The largest absolute Gasteiger partial charge is 0.457 e. The minimum atomic E-state index is -0.0732. The van der Waals surface area contributed by atoms with Crippen molar-refractivity contribution in [1.29, 1.82) is 0 Å². The molecular formula is C12H14O2. The minimum absolute atomic E-state index is 0.0117. The van der Waals surface area contributed by atoms with E-state index in [4.69, 9.17) is 4.74 Å². The number of hydrogen-bond acceptors (Lipinski definition) is 2. The highest BCUT2D eigenvalue weighted by molar-refractivity contribution is 5.71. The molecular weight excluding hydrogens is 176 g/mol. The summed E-state index contributed by atoms with van der Waals surface area (Å²) >= 11 is 0. The van der Waals surface area contributed by atoms with Gasteiger partial charge in [-0.1, -0.05) is 23.8 Å². The zero-order valence-corrected chi connectivity index (χ0v) is 8.54. The maximum Gasteiger partial charge on any atom is 0.306 e. The lowest BCUT2D eigenvalue weighted by Gasteiger charge is -2.13. The van der Waals surface area contributed by atoms with Crippen LogP contribution >= 0.6 is 0 Å². The van der Waals surface area contributed by atoms with Crippen LogP contribution in [-0.4, -0.2) is 5.97 Å². The van der Waals surface area contributed by atoms with E-state index in [-0.39, 0.29) is 12.1 Å². The zero-order chi connectivity index (χ0) is 10.1. The Hall–Kier alpha value is -1.31. The number of hydrogen-bond donors (Lipinski definition) is 0. The van der Waals surface area contributed by atoms with Gasteiger partial charge in [0.1, 0.15) is 6.10 Å². The molecule has 1 fully saturated rings. The van der Waals surface area contributed by atoms with E-state index in [2.05, 4.69) is 32.0 Å². The molecule has 1 aliphatic rings. The quantitative estimate of drug-likeness (QED) is 0.636. The molecule has 0 N–H and O–H groups in total. The molecule has 1 unspecified atom stereocenters. The molecule has 0 radical (unpaired) electrons. The Morgan fingerprint density at radius 1 is 1.36 bits per heavy atom. The van der Waals surface area contributed by atoms with Crippen molar-refractivity contribution in [2.45, 2.75) is 32.8 Å². The van der Waals surface area contributed by atoms with Crippen molar-refractivity contribution < 1.29 is 9.53 Å². The van der Waals surface area contributed by atoms with E-state index in [1.165, 1.54) is 11.1 Å². The van der Waals surface area contributed by atoms with E-state index in [9.17, 15) is 4.79 Å². The van der Waals surface area contributed by atoms with Gasteiger partial charge in [-0.05, 0) is 31.4 Å². The molecule has 0 aromatic heterocycles. The van der Waals surface area contributed by atoms with Gasteiger partial charge in [-0.3, -0.25) is 4.79 Å². The first-order valence-electron chi connectivity index (χ1n) is 4.93. The summed E-state index contributed by atoms with van der Waals surface area (Å²) in [5.74, 6) is -0.0732. The fourth-order valence-corrected chi connectivity index (χ4v) is 1.85. The van der Waals surface area contributed by atoms with E-state index < -0.39 is 0 Å². The number of cyclic esters (lactones) is 1. The third kappa shape index (κ3) is 1.65. The van der Waals surface area contributed by atoms with Crippen LogP contribution in [0.25, 0.3) is 0 Å². The van der Waals surface area contributed by atoms with Crippen molar-refractivity contribution in [1.82, 2.24) is 0 Å². The Morgan fingerprint density at radius 3 is 2.79 bits per heavy atom. The standard InChI is InChI=1S/C12H14O2/c1-8-3-4-9(2)10(7-8)11-5-6-12(13)14-11/h3-4,7,11H,5-6H2,1-2H3. The minimum Gasteiger partial charge on any atom is -0.457 e. The monoisotopic (exact) mass is 190 g/mol. The van der Waals surface area contributed by atoms with Gasteiger partial charge < -0.3 is 4.74 Å². The molecule has 1 heterocycles. The highest BCUT2D eigenvalue weighted by Crippen LogP contribution is 2.31. The van der Waals surface area contributed by atoms with Crippen molar-refractivity contribution in [3.05, 3.63) is 34.9 Å². The number of carbonyl (C=O) groups is 1. The van der Waals surface area contributed by atoms with Crippen LogP contribution in [0.3, 0.4) is 0 Å². The molecule has 0 amide bonds. The van der Waals surface area contributed by atoms with Crippen molar-refractivity contribution in [2.24, 2.45) is 0 Å². The summed E-state index contributed by atoms with van der Waals surface area (Å²) in [6, 6.07) is 6.27. The second-order valence-corrected chi connectivity index (χ2v) is 3.88. The van der Waals surface area contributed by atoms with Crippen molar-refractivity contribution in [3.8, 4) is 0 Å². The van der Waals surface area contributed by atoms with Gasteiger partial charge in [0.2, 0.25) is 0 Å². The van der Waals surface area contributed by atoms with Gasteiger partial charge in [0, 0.05) is 6.42 Å². The fraction of sp³-hybridized carbons (Fsp3) is 0.417. The van der Waals surface area contributed by atoms with Crippen molar-refractivity contribution in [2.75, 3.05) is 0 Å². The average molecular weight is 190 g/mol. The van der Waals surface area contributed by atoms with Gasteiger partial charge in [-0.2, -0.15) is 0 Å². The number of aryl methyl sites for hydroxylation is 2. The van der Waals surface area contributed by atoms with Crippen LogP contribution in [0, 0.1) is 13.8 Å². The summed E-state index contributed by atoms with van der Waals surface area (Å²) in [7, 11) is 0. The van der Waals surface area contributed by atoms with Gasteiger partial charge in [-0.25, -0.2) is 0 Å². The van der Waals surface area contributed by atoms with Crippen molar-refractivity contribution >= 4 is 5.97 Å². The highest BCUT2D eigenvalue weighted by atomic mass is 16.5. The van der Waals surface area contributed by atoms with Crippen LogP contribution in [0.15, 0.2) is 18.2 Å². The predicted octanol–water partition coefficient (Wildman–Crippen LogP) is 2.68. The number of rotatable bonds is 1. The Kier molecular flexibility index (Phi) is 2.28. The molecule has 74 valence electrons. The van der Waals surface area contributed by atoms with E-state index >= 15 is 0 Å². The summed E-state index contributed by atoms with van der Waals surface area (Å²) in [6.07, 6.45) is 1.36. The van der Waals surface area contributed by atoms with Crippen LogP contribution in [0.2, 0.25) is 0 Å². The molecule has 2 heteroatoms. The van der Waals surface area contributed by atoms with Gasteiger partial charge >= 0.3 is 5.97 Å². The molecule has 0 spiro atoms. The molecule has 0 saturated carbocycles. The number of esters is 1. The Bertz CT molecular complexity index is 369. The summed E-state index contributed by atoms with van der Waals surface area (Å²) in [4.78, 5) is 11.0. The molecule has 1 aliphatic heterocycles. The van der Waals surface area contributed by atoms with Gasteiger partial charge in [0.05, 0.1) is 0 Å². The van der Waals surface area contributed by atoms with Crippen LogP contribution < -0.4 is 0 Å². The lowest BCUT2D eigenvalue weighted by atomic mass is 9.99. The second kappa shape index (κ2) is 3.45. The van der Waals surface area contributed by atoms with Gasteiger partial charge in [0.25, 0.3) is 0 Å². The third-order valence-electron chi connectivity index (χ3n) is 2.67. The molecule has 1 saturated heterocycles. The Morgan fingerprint density at radius 2 is 2.14 bits per heavy atom. The third-order valence-corrected chi connectivity index (χ3v) is 2.67. The maximum absolute atomic E-state index is 11.0. The fourth-order valence-electron chi connectivity index (χ4n) is 1.85. The van der Waals surface area contributed by atoms with Crippen molar-refractivity contribution in [3.63, 3.8) is 0 Å². The lowest BCUT2D eigenvalue weighted by Crippen LogP contribution is -2.01. The van der Waals surface area contributed by atoms with Crippen LogP contribution in [0.1, 0.15) is 35.6 Å². The van der Waals surface area contributed by atoms with E-state index in [0.717, 1.165) is 12.0 Å². The number of carbonyl (C=O) groups excluding carboxylic acids is 1. The highest BCUT2D eigenvalue weighted by Gasteiger charge is 2.25. The first kappa shape index (κ1) is 9.25. The summed E-state index contributed by atoms with van der Waals surface area (Å²) in [6.45, 7) is 4.11. The van der Waals surface area contributed by atoms with E-state index in [1.807, 2.05) is 0 Å². The molecule has 1 aromatic carbocycles. The first-order chi connectivity index (χ1) is 6.66. The average Bonchev–Trinajstić information content (AvgIpc) is 2.56. The van der Waals surface area contributed by atoms with Gasteiger partial charge in [0.15, 0.2) is 0 Å². The van der Waals surface area contributed by atoms with E-state index in [0.29, 0.717) is 6.42 Å². The molecule has 2 rings (SSSR count). The molecule has 1 aromatic rings. The summed E-state index contributed by atoms with van der Waals surface area (Å²) < 4.78 is 5.24. The maximum atomic E-state index is 11.0. The predicted molar refractivity (Wildman–Crippen MR) is 54.0 cm³/mol. The summed E-state index contributed by atoms with van der Waals surface area (Å²) in [5, 5.41) is 0. The van der Waals surface area contributed by atoms with Crippen LogP contribution in [-0.2, 0) is 9.53 Å². The van der Waals surface area contributed by atoms with E-state index in [1.54, 1.807) is 0 Å². The molecule has 0 aliphatic carbocycles. The van der Waals surface area contributed by atoms with Crippen LogP contribution in [0.5, 0.6) is 0 Å². The lowest BCUT2D eigenvalue weighted by molar-refractivity contribution is -0.141. The second-order valence-electron chi connectivity index (χ2n) is 3.88. The smallest absolute Gasteiger partial charge is 0.306 e. The number of benzene rings is 1. The molecule has 14 heavy (non-hydrogen) atoms. The topological polar surface area (TPSA) is 26.3 Å². The first-order valence-corrected chi connectivity index (χ1v) is 4.93. The zero-order valence-electron chi connectivity index (χ0n) is 8.54. The van der Waals surface area contributed by atoms with Gasteiger partial charge in [-0.15, -0.1) is 0 Å². The number of ether oxygens (including phenoxy) is 1. The molecule has 0 bridgehead atoms. The SMILES string of the molecule is Cc1ccc(C)c(C2CCC(=O)O2)c1. The summed E-state index contributed by atoms with van der Waals surface area (Å²) in [5.41, 5.74) is 3.58. The Labute approximate surface area is 83.9 Å². The van der Waals surface area contributed by atoms with Crippen LogP contribution in [0.4, 0.5) is 0 Å².